The van der Waals surface area contributed by atoms with Crippen molar-refractivity contribution >= 4 is 17.6 Å². The summed E-state index contributed by atoms with van der Waals surface area (Å²) in [6.07, 6.45) is 0.564. The van der Waals surface area contributed by atoms with Gasteiger partial charge in [0.05, 0.1) is 18.9 Å². The Morgan fingerprint density at radius 2 is 1.75 bits per heavy atom. The zero-order valence-electron chi connectivity index (χ0n) is 15.8. The quantitative estimate of drug-likeness (QED) is 0.688. The topological polar surface area (TPSA) is 77.4 Å². The molecule has 0 unspecified atom stereocenters. The third kappa shape index (κ3) is 4.55. The van der Waals surface area contributed by atoms with Gasteiger partial charge >= 0.3 is 5.97 Å². The maximum absolute atomic E-state index is 12.7. The Bertz CT molecular complexity index is 849. The van der Waals surface area contributed by atoms with Gasteiger partial charge in [0.25, 0.3) is 5.91 Å². The van der Waals surface area contributed by atoms with E-state index < -0.39 is 11.9 Å². The first-order valence-electron chi connectivity index (χ1n) is 8.86. The Morgan fingerprint density at radius 3 is 2.39 bits per heavy atom. The molecular weight excluding hydrogens is 360 g/mol. The standard InChI is InChI=1S/C21H22N2O5/c1-26-14-21(25)28-13-20(24)23-19(16-8-10-17(27-2)11-9-16)12-18(22-23)15-6-4-3-5-7-15/h3-11,19H,12-14H2,1-2H3/t19-/m1/s1. The van der Waals surface area contributed by atoms with E-state index in [1.165, 1.54) is 12.1 Å². The second-order valence-electron chi connectivity index (χ2n) is 6.24. The van der Waals surface area contributed by atoms with Gasteiger partial charge in [-0.2, -0.15) is 5.10 Å². The molecule has 7 nitrogen and oxygen atoms in total. The van der Waals surface area contributed by atoms with Crippen LogP contribution in [-0.4, -0.2) is 50.0 Å². The molecular formula is C21H22N2O5. The third-order valence-electron chi connectivity index (χ3n) is 4.39. The lowest BCUT2D eigenvalue weighted by molar-refractivity contribution is -0.155. The van der Waals surface area contributed by atoms with E-state index in [4.69, 9.17) is 14.2 Å². The molecule has 0 aromatic heterocycles. The minimum atomic E-state index is -0.594. The van der Waals surface area contributed by atoms with Gasteiger partial charge in [-0.1, -0.05) is 42.5 Å². The predicted molar refractivity (Wildman–Crippen MR) is 103 cm³/mol. The van der Waals surface area contributed by atoms with Crippen molar-refractivity contribution in [1.29, 1.82) is 0 Å². The molecule has 0 radical (unpaired) electrons. The van der Waals surface area contributed by atoms with Crippen LogP contribution in [0.2, 0.25) is 0 Å². The Kier molecular flexibility index (Phi) is 6.39. The van der Waals surface area contributed by atoms with Crippen molar-refractivity contribution < 1.29 is 23.8 Å². The van der Waals surface area contributed by atoms with Crippen molar-refractivity contribution in [3.8, 4) is 5.75 Å². The lowest BCUT2D eigenvalue weighted by Crippen LogP contribution is -2.31. The van der Waals surface area contributed by atoms with Gasteiger partial charge in [0.2, 0.25) is 0 Å². The van der Waals surface area contributed by atoms with Crippen molar-refractivity contribution in [2.45, 2.75) is 12.5 Å². The molecule has 0 N–H and O–H groups in total. The van der Waals surface area contributed by atoms with Crippen LogP contribution in [0.15, 0.2) is 59.7 Å². The number of hydrogen-bond donors (Lipinski definition) is 0. The molecule has 146 valence electrons. The van der Waals surface area contributed by atoms with Crippen LogP contribution in [0, 0.1) is 0 Å². The normalized spacial score (nSPS) is 15.9. The Hall–Kier alpha value is -3.19. The van der Waals surface area contributed by atoms with Gasteiger partial charge in [-0.05, 0) is 23.3 Å². The highest BCUT2D eigenvalue weighted by Gasteiger charge is 2.33. The summed E-state index contributed by atoms with van der Waals surface area (Å²) in [5.41, 5.74) is 2.68. The van der Waals surface area contributed by atoms with E-state index in [1.54, 1.807) is 7.11 Å². The van der Waals surface area contributed by atoms with Crippen LogP contribution in [0.25, 0.3) is 0 Å². The summed E-state index contributed by atoms with van der Waals surface area (Å²) in [5, 5.41) is 5.92. The predicted octanol–water partition coefficient (Wildman–Crippen LogP) is 2.56. The fourth-order valence-electron chi connectivity index (χ4n) is 3.00. The highest BCUT2D eigenvalue weighted by atomic mass is 16.6. The number of amides is 1. The third-order valence-corrected chi connectivity index (χ3v) is 4.39. The number of methoxy groups -OCH3 is 2. The van der Waals surface area contributed by atoms with Crippen LogP contribution in [-0.2, 0) is 19.1 Å². The number of benzene rings is 2. The van der Waals surface area contributed by atoms with Gasteiger partial charge in [-0.15, -0.1) is 0 Å². The van der Waals surface area contributed by atoms with Crippen molar-refractivity contribution in [1.82, 2.24) is 5.01 Å². The van der Waals surface area contributed by atoms with Gasteiger partial charge in [-0.25, -0.2) is 9.80 Å². The molecule has 1 atom stereocenters. The fraction of sp³-hybridized carbons (Fsp3) is 0.286. The van der Waals surface area contributed by atoms with Gasteiger partial charge < -0.3 is 14.2 Å². The van der Waals surface area contributed by atoms with E-state index in [1.807, 2.05) is 54.6 Å². The van der Waals surface area contributed by atoms with Gasteiger partial charge in [0.15, 0.2) is 6.61 Å². The smallest absolute Gasteiger partial charge is 0.332 e. The average molecular weight is 382 g/mol. The molecule has 1 aliphatic rings. The highest BCUT2D eigenvalue weighted by molar-refractivity contribution is 6.03. The number of hydrogen-bond acceptors (Lipinski definition) is 6. The van der Waals surface area contributed by atoms with Crippen LogP contribution in [0.5, 0.6) is 5.75 Å². The SMILES string of the molecule is COCC(=O)OCC(=O)N1N=C(c2ccccc2)C[C@@H]1c1ccc(OC)cc1. The van der Waals surface area contributed by atoms with Gasteiger partial charge in [-0.3, -0.25) is 4.79 Å². The van der Waals surface area contributed by atoms with Crippen LogP contribution in [0.1, 0.15) is 23.6 Å². The van der Waals surface area contributed by atoms with Gasteiger partial charge in [0, 0.05) is 13.5 Å². The summed E-state index contributed by atoms with van der Waals surface area (Å²) < 4.78 is 14.9. The zero-order chi connectivity index (χ0) is 19.9. The summed E-state index contributed by atoms with van der Waals surface area (Å²) >= 11 is 0. The first-order valence-corrected chi connectivity index (χ1v) is 8.86. The average Bonchev–Trinajstić information content (AvgIpc) is 3.18. The number of esters is 1. The number of carbonyl (C=O) groups is 2. The second-order valence-corrected chi connectivity index (χ2v) is 6.24. The van der Waals surface area contributed by atoms with E-state index in [9.17, 15) is 9.59 Å². The Labute approximate surface area is 163 Å². The number of carbonyl (C=O) groups excluding carboxylic acids is 2. The summed E-state index contributed by atoms with van der Waals surface area (Å²) in [6, 6.07) is 16.9. The molecule has 0 spiro atoms. The molecule has 0 aliphatic carbocycles. The number of nitrogens with zero attached hydrogens (tertiary/aromatic N) is 2. The molecule has 2 aromatic carbocycles. The molecule has 28 heavy (non-hydrogen) atoms. The molecule has 0 bridgehead atoms. The molecule has 1 amide bonds. The van der Waals surface area contributed by atoms with Crippen molar-refractivity contribution in [3.63, 3.8) is 0 Å². The molecule has 7 heteroatoms. The van der Waals surface area contributed by atoms with Crippen LogP contribution in [0.4, 0.5) is 0 Å². The maximum Gasteiger partial charge on any atom is 0.332 e. The lowest BCUT2D eigenvalue weighted by Gasteiger charge is -2.22. The Balaban J connectivity index is 1.82. The van der Waals surface area contributed by atoms with Crippen molar-refractivity contribution in [2.75, 3.05) is 27.4 Å². The minimum Gasteiger partial charge on any atom is -0.497 e. The Morgan fingerprint density at radius 1 is 1.04 bits per heavy atom. The van der Waals surface area contributed by atoms with E-state index in [0.29, 0.717) is 6.42 Å². The lowest BCUT2D eigenvalue weighted by atomic mass is 9.98. The van der Waals surface area contributed by atoms with Crippen molar-refractivity contribution in [3.05, 3.63) is 65.7 Å². The number of rotatable bonds is 7. The summed E-state index contributed by atoms with van der Waals surface area (Å²) in [6.45, 7) is -0.589. The van der Waals surface area contributed by atoms with E-state index >= 15 is 0 Å². The van der Waals surface area contributed by atoms with E-state index in [0.717, 1.165) is 22.6 Å². The second kappa shape index (κ2) is 9.14. The van der Waals surface area contributed by atoms with Gasteiger partial charge in [0.1, 0.15) is 12.4 Å². The van der Waals surface area contributed by atoms with E-state index in [2.05, 4.69) is 5.10 Å². The first-order chi connectivity index (χ1) is 13.6. The van der Waals surface area contributed by atoms with E-state index in [-0.39, 0.29) is 19.3 Å². The summed E-state index contributed by atoms with van der Waals surface area (Å²) in [4.78, 5) is 24.2. The number of ether oxygens (including phenoxy) is 3. The first kappa shape index (κ1) is 19.6. The highest BCUT2D eigenvalue weighted by Crippen LogP contribution is 2.33. The molecule has 0 fully saturated rings. The molecule has 3 rings (SSSR count). The summed E-state index contributed by atoms with van der Waals surface area (Å²) in [7, 11) is 2.99. The fourth-order valence-corrected chi connectivity index (χ4v) is 3.00. The molecule has 1 aliphatic heterocycles. The van der Waals surface area contributed by atoms with Crippen LogP contribution >= 0.6 is 0 Å². The maximum atomic E-state index is 12.7. The van der Waals surface area contributed by atoms with Crippen LogP contribution < -0.4 is 4.74 Å². The molecule has 1 heterocycles. The zero-order valence-corrected chi connectivity index (χ0v) is 15.8. The molecule has 0 saturated heterocycles. The molecule has 2 aromatic rings. The van der Waals surface area contributed by atoms with Crippen molar-refractivity contribution in [2.24, 2.45) is 5.10 Å². The number of hydrazone groups is 1. The molecule has 0 saturated carbocycles. The summed E-state index contributed by atoms with van der Waals surface area (Å²) in [5.74, 6) is -0.253. The minimum absolute atomic E-state index is 0.201. The largest absolute Gasteiger partial charge is 0.497 e. The monoisotopic (exact) mass is 382 g/mol. The van der Waals surface area contributed by atoms with Crippen LogP contribution in [0.3, 0.4) is 0 Å².